The van der Waals surface area contributed by atoms with E-state index in [1.807, 2.05) is 19.2 Å². The van der Waals surface area contributed by atoms with E-state index in [0.29, 0.717) is 27.1 Å². The molecule has 31 heavy (non-hydrogen) atoms. The molecule has 0 spiro atoms. The maximum Gasteiger partial charge on any atom is 0.486 e. The summed E-state index contributed by atoms with van der Waals surface area (Å²) in [5.41, 5.74) is 13.1. The van der Waals surface area contributed by atoms with E-state index in [-0.39, 0.29) is 22.9 Å². The van der Waals surface area contributed by atoms with E-state index in [2.05, 4.69) is 17.1 Å². The Morgan fingerprint density at radius 2 is 1.81 bits per heavy atom. The highest BCUT2D eigenvalue weighted by Crippen LogP contribution is 2.54. The topological polar surface area (TPSA) is 123 Å². The summed E-state index contributed by atoms with van der Waals surface area (Å²) in [5, 5.41) is 9.22. The summed E-state index contributed by atoms with van der Waals surface area (Å²) in [7, 11) is 2.46. The first kappa shape index (κ1) is 23.6. The number of hydrogen-bond acceptors (Lipinski definition) is 5. The Bertz CT molecular complexity index is 758. The molecule has 1 aromatic carbocycles. The molecular formula is C22H34BN4O4. The Labute approximate surface area is 185 Å². The molecule has 2 bridgehead atoms. The summed E-state index contributed by atoms with van der Waals surface area (Å²) < 4.78 is 11.2. The van der Waals surface area contributed by atoms with Crippen LogP contribution >= 0.6 is 0 Å². The molecule has 169 valence electrons. The molecule has 5 N–H and O–H groups in total. The lowest BCUT2D eigenvalue weighted by atomic mass is 9.56. The lowest BCUT2D eigenvalue weighted by Crippen LogP contribution is -2.49. The number of guanidine groups is 1. The predicted molar refractivity (Wildman–Crippen MR) is 121 cm³/mol. The van der Waals surface area contributed by atoms with Crippen LogP contribution in [0.1, 0.15) is 63.9 Å². The Morgan fingerprint density at radius 3 is 2.29 bits per heavy atom. The zero-order chi connectivity index (χ0) is 22.5. The van der Waals surface area contributed by atoms with Crippen LogP contribution in [0.3, 0.4) is 0 Å². The van der Waals surface area contributed by atoms with E-state index >= 15 is 0 Å². The average Bonchev–Trinajstić information content (AvgIpc) is 2.78. The van der Waals surface area contributed by atoms with Crippen LogP contribution in [-0.4, -0.2) is 50.1 Å². The lowest BCUT2D eigenvalue weighted by molar-refractivity contribution is -0.118. The van der Waals surface area contributed by atoms with E-state index in [1.165, 1.54) is 12.5 Å². The zero-order valence-electron chi connectivity index (χ0n) is 18.5. The van der Waals surface area contributed by atoms with Crippen molar-refractivity contribution in [1.29, 1.82) is 0 Å². The Hall–Kier alpha value is -2.10. The second kappa shape index (κ2) is 10.0. The fraction of sp³-hybridized carbons (Fsp3) is 0.636. The number of ether oxygens (including phenoxy) is 1. The van der Waals surface area contributed by atoms with E-state index in [1.54, 1.807) is 4.90 Å². The largest absolute Gasteiger partial charge is 0.486 e. The SMILES string of the molecule is COC12CCC(c3ccc(N(C(C)=O)[C@@H](CCCN=C(N)N)O[B]O)cc3)(CC1)CC2. The van der Waals surface area contributed by atoms with Crippen molar-refractivity contribution in [2.75, 3.05) is 18.6 Å². The molecule has 0 unspecified atom stereocenters. The van der Waals surface area contributed by atoms with Crippen molar-refractivity contribution in [1.82, 2.24) is 0 Å². The highest BCUT2D eigenvalue weighted by Gasteiger charge is 2.49. The third-order valence-electron chi connectivity index (χ3n) is 7.12. The molecule has 0 saturated heterocycles. The summed E-state index contributed by atoms with van der Waals surface area (Å²) in [6.45, 7) is 1.91. The van der Waals surface area contributed by atoms with Gasteiger partial charge in [0.15, 0.2) is 5.96 Å². The number of hydrogen-bond donors (Lipinski definition) is 3. The molecule has 1 radical (unpaired) electrons. The Morgan fingerprint density at radius 1 is 1.19 bits per heavy atom. The first-order chi connectivity index (χ1) is 14.8. The van der Waals surface area contributed by atoms with Gasteiger partial charge >= 0.3 is 7.69 Å². The number of rotatable bonds is 10. The van der Waals surface area contributed by atoms with E-state index in [0.717, 1.165) is 44.2 Å². The summed E-state index contributed by atoms with van der Waals surface area (Å²) in [6.07, 6.45) is 7.12. The van der Waals surface area contributed by atoms with Crippen molar-refractivity contribution >= 4 is 25.2 Å². The molecule has 0 heterocycles. The summed E-state index contributed by atoms with van der Waals surface area (Å²) in [6, 6.07) is 8.22. The summed E-state index contributed by atoms with van der Waals surface area (Å²) in [5.74, 6) is -0.141. The number of carbonyl (C=O) groups excluding carboxylic acids is 1. The van der Waals surface area contributed by atoms with Crippen molar-refractivity contribution < 1.29 is 19.2 Å². The number of aliphatic imine (C=N–C) groups is 1. The first-order valence-corrected chi connectivity index (χ1v) is 11.0. The van der Waals surface area contributed by atoms with Crippen LogP contribution in [0.2, 0.25) is 0 Å². The molecule has 1 aromatic rings. The predicted octanol–water partition coefficient (Wildman–Crippen LogP) is 1.95. The third-order valence-corrected chi connectivity index (χ3v) is 7.12. The molecule has 3 fully saturated rings. The van der Waals surface area contributed by atoms with E-state index in [4.69, 9.17) is 20.9 Å². The number of anilines is 1. The third kappa shape index (κ3) is 5.22. The number of benzene rings is 1. The molecule has 1 atom stereocenters. The molecule has 3 aliphatic carbocycles. The molecule has 4 rings (SSSR count). The van der Waals surface area contributed by atoms with Gasteiger partial charge < -0.3 is 25.9 Å². The van der Waals surface area contributed by atoms with Gasteiger partial charge in [-0.25, -0.2) is 0 Å². The van der Waals surface area contributed by atoms with Gasteiger partial charge in [0.25, 0.3) is 0 Å². The number of fused-ring (bicyclic) bond motifs is 3. The standard InChI is InChI=1S/C22H34BN4O4/c1-16(28)27(19(31-23-29)4-3-15-26-20(24)25)18-7-5-17(6-8-18)21-9-12-22(30-2,13-10-21)14-11-21/h5-8,19,29H,3-4,9-15H2,1-2H3,(H4,24,25,26)/t19-,21?,22?/m1/s1. The van der Waals surface area contributed by atoms with Crippen LogP contribution in [0.15, 0.2) is 29.3 Å². The minimum absolute atomic E-state index is 0.0257. The first-order valence-electron chi connectivity index (χ1n) is 11.0. The number of nitrogens with two attached hydrogens (primary N) is 2. The number of nitrogens with zero attached hydrogens (tertiary/aromatic N) is 2. The highest BCUT2D eigenvalue weighted by atomic mass is 16.5. The second-order valence-corrected chi connectivity index (χ2v) is 8.75. The monoisotopic (exact) mass is 429 g/mol. The van der Waals surface area contributed by atoms with Crippen LogP contribution in [0.25, 0.3) is 0 Å². The Balaban J connectivity index is 1.74. The van der Waals surface area contributed by atoms with Crippen LogP contribution < -0.4 is 16.4 Å². The summed E-state index contributed by atoms with van der Waals surface area (Å²) in [4.78, 5) is 18.0. The molecular weight excluding hydrogens is 395 g/mol. The molecule has 9 heteroatoms. The maximum absolute atomic E-state index is 12.5. The molecule has 0 aromatic heterocycles. The summed E-state index contributed by atoms with van der Waals surface area (Å²) >= 11 is 0. The average molecular weight is 429 g/mol. The number of methoxy groups -OCH3 is 1. The lowest BCUT2D eigenvalue weighted by Gasteiger charge is -2.53. The van der Waals surface area contributed by atoms with Crippen molar-refractivity contribution in [3.63, 3.8) is 0 Å². The van der Waals surface area contributed by atoms with Crippen LogP contribution in [-0.2, 0) is 19.6 Å². The van der Waals surface area contributed by atoms with Crippen molar-refractivity contribution in [3.05, 3.63) is 29.8 Å². The van der Waals surface area contributed by atoms with Gasteiger partial charge in [0, 0.05) is 26.3 Å². The van der Waals surface area contributed by atoms with Gasteiger partial charge in [-0.1, -0.05) is 12.1 Å². The van der Waals surface area contributed by atoms with Gasteiger partial charge in [0.2, 0.25) is 5.91 Å². The van der Waals surface area contributed by atoms with Crippen molar-refractivity contribution in [3.8, 4) is 0 Å². The minimum atomic E-state index is -0.646. The van der Waals surface area contributed by atoms with E-state index < -0.39 is 6.23 Å². The van der Waals surface area contributed by atoms with Crippen LogP contribution in [0.5, 0.6) is 0 Å². The van der Waals surface area contributed by atoms with Crippen LogP contribution in [0, 0.1) is 0 Å². The van der Waals surface area contributed by atoms with Gasteiger partial charge in [0.1, 0.15) is 6.23 Å². The highest BCUT2D eigenvalue weighted by molar-refractivity contribution is 6.16. The van der Waals surface area contributed by atoms with Crippen molar-refractivity contribution in [2.45, 2.75) is 75.5 Å². The van der Waals surface area contributed by atoms with Crippen LogP contribution in [0.4, 0.5) is 5.69 Å². The molecule has 8 nitrogen and oxygen atoms in total. The van der Waals surface area contributed by atoms with E-state index in [9.17, 15) is 9.82 Å². The fourth-order valence-electron chi connectivity index (χ4n) is 5.22. The number of carbonyl (C=O) groups is 1. The molecule has 3 saturated carbocycles. The minimum Gasteiger partial charge on any atom is -0.429 e. The van der Waals surface area contributed by atoms with Gasteiger partial charge in [-0.15, -0.1) is 0 Å². The van der Waals surface area contributed by atoms with Crippen molar-refractivity contribution in [2.24, 2.45) is 16.5 Å². The molecule has 0 aliphatic heterocycles. The van der Waals surface area contributed by atoms with Gasteiger partial charge in [0.05, 0.1) is 5.60 Å². The maximum atomic E-state index is 12.5. The quantitative estimate of drug-likeness (QED) is 0.172. The number of amides is 1. The second-order valence-electron chi connectivity index (χ2n) is 8.75. The smallest absolute Gasteiger partial charge is 0.429 e. The van der Waals surface area contributed by atoms with Gasteiger partial charge in [-0.3, -0.25) is 14.7 Å². The van der Waals surface area contributed by atoms with Gasteiger partial charge in [-0.05, 0) is 74.5 Å². The fourth-order valence-corrected chi connectivity index (χ4v) is 5.22. The Kier molecular flexibility index (Phi) is 7.62. The molecule has 3 aliphatic rings. The normalized spacial score (nSPS) is 25.6. The van der Waals surface area contributed by atoms with Gasteiger partial charge in [-0.2, -0.15) is 0 Å². The zero-order valence-corrected chi connectivity index (χ0v) is 18.5. The molecule has 1 amide bonds.